The van der Waals surface area contributed by atoms with Crippen molar-refractivity contribution < 1.29 is 0 Å². The fourth-order valence-corrected chi connectivity index (χ4v) is 1.63. The van der Waals surface area contributed by atoms with Crippen LogP contribution in [0.3, 0.4) is 0 Å². The molecular formula is C13H17ClN2. The predicted octanol–water partition coefficient (Wildman–Crippen LogP) is 4.35. The van der Waals surface area contributed by atoms with E-state index in [0.717, 1.165) is 28.2 Å². The summed E-state index contributed by atoms with van der Waals surface area (Å²) in [7, 11) is 0. The quantitative estimate of drug-likeness (QED) is 0.839. The number of rotatable bonds is 2. The molecular weight excluding hydrogens is 220 g/mol. The average molecular weight is 237 g/mol. The summed E-state index contributed by atoms with van der Waals surface area (Å²) in [5.41, 5.74) is 2.03. The molecule has 0 amide bonds. The predicted molar refractivity (Wildman–Crippen MR) is 72.3 cm³/mol. The molecule has 0 unspecified atom stereocenters. The van der Waals surface area contributed by atoms with Gasteiger partial charge in [-0.15, -0.1) is 0 Å². The van der Waals surface area contributed by atoms with Crippen molar-refractivity contribution in [1.29, 1.82) is 0 Å². The number of fused-ring (bicyclic) bond motifs is 1. The van der Waals surface area contributed by atoms with Gasteiger partial charge in [0, 0.05) is 28.8 Å². The summed E-state index contributed by atoms with van der Waals surface area (Å²) < 4.78 is 0. The van der Waals surface area contributed by atoms with E-state index >= 15 is 0 Å². The van der Waals surface area contributed by atoms with Gasteiger partial charge in [-0.1, -0.05) is 25.4 Å². The van der Waals surface area contributed by atoms with Crippen LogP contribution in [0.1, 0.15) is 20.8 Å². The maximum absolute atomic E-state index is 5.89. The van der Waals surface area contributed by atoms with E-state index in [9.17, 15) is 0 Å². The van der Waals surface area contributed by atoms with Gasteiger partial charge in [0.1, 0.15) is 0 Å². The zero-order valence-corrected chi connectivity index (χ0v) is 10.7. The fraction of sp³-hybridized carbons (Fsp3) is 0.308. The Bertz CT molecular complexity index is 455. The molecule has 0 saturated carbocycles. The van der Waals surface area contributed by atoms with Crippen LogP contribution >= 0.6 is 11.6 Å². The van der Waals surface area contributed by atoms with E-state index in [1.165, 1.54) is 0 Å². The molecule has 2 nitrogen and oxygen atoms in total. The normalized spacial score (nSPS) is 9.50. The van der Waals surface area contributed by atoms with Gasteiger partial charge in [-0.05, 0) is 31.2 Å². The van der Waals surface area contributed by atoms with Crippen LogP contribution in [0.4, 0.5) is 5.69 Å². The van der Waals surface area contributed by atoms with Crippen LogP contribution in [0.5, 0.6) is 0 Å². The molecule has 1 aromatic carbocycles. The molecule has 1 heterocycles. The second-order valence-corrected chi connectivity index (χ2v) is 3.49. The number of nitrogens with one attached hydrogen (secondary N) is 1. The second-order valence-electron chi connectivity index (χ2n) is 3.05. The summed E-state index contributed by atoms with van der Waals surface area (Å²) in [5, 5.41) is 5.12. The summed E-state index contributed by atoms with van der Waals surface area (Å²) in [6.07, 6.45) is 1.79. The van der Waals surface area contributed by atoms with Gasteiger partial charge in [-0.25, -0.2) is 0 Å². The van der Waals surface area contributed by atoms with Gasteiger partial charge in [0.2, 0.25) is 0 Å². The number of halogens is 1. The molecule has 1 aromatic heterocycles. The van der Waals surface area contributed by atoms with E-state index in [1.54, 1.807) is 6.20 Å². The zero-order chi connectivity index (χ0) is 12.0. The van der Waals surface area contributed by atoms with Gasteiger partial charge in [-0.2, -0.15) is 0 Å². The van der Waals surface area contributed by atoms with Crippen molar-refractivity contribution in [1.82, 2.24) is 4.98 Å². The Morgan fingerprint density at radius 2 is 2.00 bits per heavy atom. The Hall–Kier alpha value is -1.28. The lowest BCUT2D eigenvalue weighted by atomic mass is 10.2. The number of benzene rings is 1. The number of nitrogens with zero attached hydrogens (tertiary/aromatic N) is 1. The molecule has 16 heavy (non-hydrogen) atoms. The molecule has 0 bridgehead atoms. The van der Waals surface area contributed by atoms with Gasteiger partial charge in [0.15, 0.2) is 0 Å². The third kappa shape index (κ3) is 2.86. The number of hydrogen-bond donors (Lipinski definition) is 1. The summed E-state index contributed by atoms with van der Waals surface area (Å²) in [4.78, 5) is 4.26. The van der Waals surface area contributed by atoms with E-state index in [4.69, 9.17) is 11.6 Å². The first-order valence-corrected chi connectivity index (χ1v) is 5.97. The topological polar surface area (TPSA) is 24.9 Å². The van der Waals surface area contributed by atoms with Crippen molar-refractivity contribution in [2.45, 2.75) is 20.8 Å². The van der Waals surface area contributed by atoms with Crippen molar-refractivity contribution in [2.24, 2.45) is 0 Å². The number of anilines is 1. The largest absolute Gasteiger partial charge is 0.385 e. The molecule has 0 saturated heterocycles. The van der Waals surface area contributed by atoms with Crippen LogP contribution in [0.25, 0.3) is 10.9 Å². The van der Waals surface area contributed by atoms with Crippen LogP contribution in [-0.4, -0.2) is 11.5 Å². The van der Waals surface area contributed by atoms with E-state index in [2.05, 4.69) is 17.2 Å². The lowest BCUT2D eigenvalue weighted by Gasteiger charge is -2.06. The van der Waals surface area contributed by atoms with Gasteiger partial charge < -0.3 is 5.32 Å². The Balaban J connectivity index is 0.000000606. The number of hydrogen-bond acceptors (Lipinski definition) is 2. The highest BCUT2D eigenvalue weighted by Gasteiger charge is 2.00. The molecule has 0 aliphatic rings. The molecule has 0 atom stereocenters. The van der Waals surface area contributed by atoms with Crippen molar-refractivity contribution in [3.05, 3.63) is 35.5 Å². The maximum Gasteiger partial charge on any atom is 0.0737 e. The minimum absolute atomic E-state index is 0.721. The molecule has 0 fully saturated rings. The standard InChI is InChI=1S/C11H11ClN2.C2H6/c1-2-13-10-5-6-14-11-7-8(12)3-4-9(10)11;1-2/h3-7H,2H2,1H3,(H,13,14);1-2H3. The highest BCUT2D eigenvalue weighted by molar-refractivity contribution is 6.31. The third-order valence-corrected chi connectivity index (χ3v) is 2.31. The monoisotopic (exact) mass is 236 g/mol. The van der Waals surface area contributed by atoms with Gasteiger partial charge in [-0.3, -0.25) is 4.98 Å². The van der Waals surface area contributed by atoms with Crippen LogP contribution in [0.2, 0.25) is 5.02 Å². The second kappa shape index (κ2) is 6.33. The first-order valence-electron chi connectivity index (χ1n) is 5.59. The van der Waals surface area contributed by atoms with Crippen LogP contribution in [-0.2, 0) is 0 Å². The van der Waals surface area contributed by atoms with E-state index in [-0.39, 0.29) is 0 Å². The lowest BCUT2D eigenvalue weighted by molar-refractivity contribution is 1.21. The highest BCUT2D eigenvalue weighted by Crippen LogP contribution is 2.23. The first kappa shape index (κ1) is 12.8. The Morgan fingerprint density at radius 1 is 1.25 bits per heavy atom. The summed E-state index contributed by atoms with van der Waals surface area (Å²) >= 11 is 5.89. The van der Waals surface area contributed by atoms with E-state index in [0.29, 0.717) is 0 Å². The van der Waals surface area contributed by atoms with Crippen molar-refractivity contribution >= 4 is 28.2 Å². The molecule has 86 valence electrons. The Kier molecular flexibility index (Phi) is 5.06. The smallest absolute Gasteiger partial charge is 0.0737 e. The number of pyridine rings is 1. The lowest BCUT2D eigenvalue weighted by Crippen LogP contribution is -1.97. The third-order valence-electron chi connectivity index (χ3n) is 2.07. The molecule has 0 aliphatic heterocycles. The zero-order valence-electron chi connectivity index (χ0n) is 9.92. The van der Waals surface area contributed by atoms with Gasteiger partial charge in [0.25, 0.3) is 0 Å². The minimum Gasteiger partial charge on any atom is -0.385 e. The van der Waals surface area contributed by atoms with E-state index < -0.39 is 0 Å². The Morgan fingerprint density at radius 3 is 2.69 bits per heavy atom. The highest BCUT2D eigenvalue weighted by atomic mass is 35.5. The summed E-state index contributed by atoms with van der Waals surface area (Å²) in [5.74, 6) is 0. The van der Waals surface area contributed by atoms with Crippen LogP contribution in [0, 0.1) is 0 Å². The fourth-order valence-electron chi connectivity index (χ4n) is 1.47. The molecule has 0 aliphatic carbocycles. The minimum atomic E-state index is 0.721. The van der Waals surface area contributed by atoms with Gasteiger partial charge >= 0.3 is 0 Å². The molecule has 0 radical (unpaired) electrons. The van der Waals surface area contributed by atoms with Gasteiger partial charge in [0.05, 0.1) is 5.52 Å². The molecule has 3 heteroatoms. The first-order chi connectivity index (χ1) is 7.81. The van der Waals surface area contributed by atoms with Crippen molar-refractivity contribution in [2.75, 3.05) is 11.9 Å². The summed E-state index contributed by atoms with van der Waals surface area (Å²) in [6.45, 7) is 6.98. The average Bonchev–Trinajstić information content (AvgIpc) is 2.32. The van der Waals surface area contributed by atoms with Crippen LogP contribution in [0.15, 0.2) is 30.5 Å². The molecule has 2 aromatic rings. The number of aromatic nitrogens is 1. The molecule has 0 spiro atoms. The van der Waals surface area contributed by atoms with Crippen molar-refractivity contribution in [3.8, 4) is 0 Å². The molecule has 2 rings (SSSR count). The van der Waals surface area contributed by atoms with Crippen LogP contribution < -0.4 is 5.32 Å². The van der Waals surface area contributed by atoms with E-state index in [1.807, 2.05) is 38.1 Å². The molecule has 1 N–H and O–H groups in total. The maximum atomic E-state index is 5.89. The summed E-state index contributed by atoms with van der Waals surface area (Å²) in [6, 6.07) is 7.71. The SMILES string of the molecule is CC.CCNc1ccnc2cc(Cl)ccc12. The van der Waals surface area contributed by atoms with Crippen molar-refractivity contribution in [3.63, 3.8) is 0 Å². The Labute approximate surface area is 102 Å².